The van der Waals surface area contributed by atoms with Gasteiger partial charge in [0.25, 0.3) is 0 Å². The molecule has 0 aliphatic carbocycles. The van der Waals surface area contributed by atoms with E-state index < -0.39 is 0 Å². The molecule has 22 heavy (non-hydrogen) atoms. The van der Waals surface area contributed by atoms with Crippen LogP contribution in [0.3, 0.4) is 0 Å². The number of carbonyl (C=O) groups excluding carboxylic acids is 1. The first-order valence-corrected chi connectivity index (χ1v) is 7.64. The number of fused-ring (bicyclic) bond motifs is 2. The highest BCUT2D eigenvalue weighted by Crippen LogP contribution is 2.40. The molecule has 4 heteroatoms. The van der Waals surface area contributed by atoms with Gasteiger partial charge in [-0.2, -0.15) is 0 Å². The maximum Gasteiger partial charge on any atom is 0.302 e. The monoisotopic (exact) mass is 316 g/mol. The van der Waals surface area contributed by atoms with Gasteiger partial charge in [-0.3, -0.25) is 4.79 Å². The van der Waals surface area contributed by atoms with Crippen LogP contribution < -0.4 is 4.74 Å². The lowest BCUT2D eigenvalue weighted by Crippen LogP contribution is -2.09. The lowest BCUT2D eigenvalue weighted by Gasteiger charge is -2.22. The van der Waals surface area contributed by atoms with Gasteiger partial charge in [0, 0.05) is 29.8 Å². The third kappa shape index (κ3) is 2.95. The van der Waals surface area contributed by atoms with Gasteiger partial charge in [0.2, 0.25) is 0 Å². The molecule has 1 heterocycles. The Morgan fingerprint density at radius 2 is 2.14 bits per heavy atom. The average Bonchev–Trinajstić information content (AvgIpc) is 2.51. The van der Waals surface area contributed by atoms with Crippen LogP contribution in [0.5, 0.6) is 11.5 Å². The largest absolute Gasteiger partial charge is 0.465 e. The number of rotatable bonds is 3. The van der Waals surface area contributed by atoms with E-state index in [2.05, 4.69) is 6.07 Å². The molecule has 114 valence electrons. The Hall–Kier alpha value is -2.00. The zero-order valence-electron chi connectivity index (χ0n) is 12.6. The molecule has 0 aromatic heterocycles. The fourth-order valence-corrected chi connectivity index (χ4v) is 2.83. The fraction of sp³-hybridized carbons (Fsp3) is 0.278. The van der Waals surface area contributed by atoms with E-state index in [9.17, 15) is 4.79 Å². The molecule has 2 aromatic carbocycles. The van der Waals surface area contributed by atoms with Gasteiger partial charge in [-0.05, 0) is 29.3 Å². The van der Waals surface area contributed by atoms with Gasteiger partial charge in [0.1, 0.15) is 11.5 Å². The zero-order chi connectivity index (χ0) is 15.7. The summed E-state index contributed by atoms with van der Waals surface area (Å²) >= 11 is 6.26. The minimum absolute atomic E-state index is 0.141. The Morgan fingerprint density at radius 3 is 2.91 bits per heavy atom. The van der Waals surface area contributed by atoms with E-state index >= 15 is 0 Å². The summed E-state index contributed by atoms with van der Waals surface area (Å²) in [5, 5.41) is 0.724. The second kappa shape index (κ2) is 6.01. The summed E-state index contributed by atoms with van der Waals surface area (Å²) in [7, 11) is 0. The van der Waals surface area contributed by atoms with Crippen LogP contribution in [0.15, 0.2) is 36.4 Å². The molecule has 3 rings (SSSR count). The number of hydrogen-bond donors (Lipinski definition) is 0. The first-order valence-electron chi connectivity index (χ1n) is 7.26. The van der Waals surface area contributed by atoms with Gasteiger partial charge in [-0.15, -0.1) is 0 Å². The van der Waals surface area contributed by atoms with Crippen LogP contribution >= 0.6 is 11.6 Å². The van der Waals surface area contributed by atoms with Gasteiger partial charge in [-0.25, -0.2) is 0 Å². The van der Waals surface area contributed by atoms with Crippen molar-refractivity contribution in [2.45, 2.75) is 26.2 Å². The molecule has 2 aromatic rings. The molecule has 0 saturated carbocycles. The highest BCUT2D eigenvalue weighted by molar-refractivity contribution is 6.31. The maximum atomic E-state index is 10.9. The van der Waals surface area contributed by atoms with Crippen LogP contribution in [-0.2, 0) is 16.0 Å². The highest BCUT2D eigenvalue weighted by atomic mass is 35.5. The molecule has 1 aliphatic rings. The van der Waals surface area contributed by atoms with Crippen LogP contribution in [0.25, 0.3) is 0 Å². The summed E-state index contributed by atoms with van der Waals surface area (Å²) in [6, 6.07) is 11.8. The summed E-state index contributed by atoms with van der Waals surface area (Å²) in [5.74, 6) is 1.56. The highest BCUT2D eigenvalue weighted by Gasteiger charge is 2.20. The molecule has 0 spiro atoms. The first kappa shape index (κ1) is 14.9. The second-order valence-corrected chi connectivity index (χ2v) is 5.97. The summed E-state index contributed by atoms with van der Waals surface area (Å²) in [6.07, 6.45) is 0.748. The van der Waals surface area contributed by atoms with E-state index in [-0.39, 0.29) is 11.9 Å². The van der Waals surface area contributed by atoms with E-state index in [4.69, 9.17) is 21.1 Å². The molecule has 0 amide bonds. The normalized spacial score (nSPS) is 13.6. The average molecular weight is 317 g/mol. The van der Waals surface area contributed by atoms with Crippen molar-refractivity contribution in [3.05, 3.63) is 58.1 Å². The number of carbonyl (C=O) groups is 1. The summed E-state index contributed by atoms with van der Waals surface area (Å²) in [5.41, 5.74) is 3.24. The van der Waals surface area contributed by atoms with Crippen molar-refractivity contribution >= 4 is 17.6 Å². The minimum Gasteiger partial charge on any atom is -0.465 e. The Labute approximate surface area is 134 Å². The fourth-order valence-electron chi connectivity index (χ4n) is 2.60. The predicted octanol–water partition coefficient (Wildman–Crippen LogP) is 4.70. The van der Waals surface area contributed by atoms with Crippen molar-refractivity contribution in [1.82, 2.24) is 0 Å². The van der Waals surface area contributed by atoms with E-state index in [1.54, 1.807) is 0 Å². The van der Waals surface area contributed by atoms with E-state index in [1.165, 1.54) is 6.92 Å². The van der Waals surface area contributed by atoms with Gasteiger partial charge in [0.15, 0.2) is 0 Å². The van der Waals surface area contributed by atoms with Crippen LogP contribution in [0.2, 0.25) is 5.02 Å². The van der Waals surface area contributed by atoms with Gasteiger partial charge in [-0.1, -0.05) is 36.7 Å². The van der Waals surface area contributed by atoms with Crippen molar-refractivity contribution in [2.75, 3.05) is 6.61 Å². The molecule has 0 radical (unpaired) electrons. The molecule has 1 unspecified atom stereocenters. The first-order chi connectivity index (χ1) is 10.5. The summed E-state index contributed by atoms with van der Waals surface area (Å²) in [6.45, 7) is 3.84. The van der Waals surface area contributed by atoms with Crippen LogP contribution in [0.1, 0.15) is 36.5 Å². The molecule has 0 N–H and O–H groups in total. The van der Waals surface area contributed by atoms with Crippen LogP contribution in [-0.4, -0.2) is 12.6 Å². The summed E-state index contributed by atoms with van der Waals surface area (Å²) in [4.78, 5) is 10.9. The molecule has 3 nitrogen and oxygen atoms in total. The molecule has 0 saturated heterocycles. The smallest absolute Gasteiger partial charge is 0.302 e. The van der Waals surface area contributed by atoms with Crippen molar-refractivity contribution in [2.24, 2.45) is 0 Å². The van der Waals surface area contributed by atoms with Crippen molar-refractivity contribution in [3.8, 4) is 11.5 Å². The lowest BCUT2D eigenvalue weighted by atomic mass is 9.94. The van der Waals surface area contributed by atoms with Gasteiger partial charge in [0.05, 0.1) is 6.61 Å². The molecular weight excluding hydrogens is 300 g/mol. The van der Waals surface area contributed by atoms with E-state index in [1.807, 2.05) is 37.3 Å². The molecule has 1 atom stereocenters. The van der Waals surface area contributed by atoms with E-state index in [0.717, 1.165) is 39.6 Å². The van der Waals surface area contributed by atoms with E-state index in [0.29, 0.717) is 6.61 Å². The maximum absolute atomic E-state index is 10.9. The number of benzene rings is 2. The van der Waals surface area contributed by atoms with Gasteiger partial charge < -0.3 is 9.47 Å². The molecular formula is C18H17ClO3. The van der Waals surface area contributed by atoms with Crippen LogP contribution in [0, 0.1) is 0 Å². The standard InChI is InChI=1S/C18H17ClO3/c1-11(10-21-12(2)20)13-6-7-17-14(8-13)9-15-16(19)4-3-5-18(15)22-17/h3-8,11H,9-10H2,1-2H3. The lowest BCUT2D eigenvalue weighted by molar-refractivity contribution is -0.141. The molecule has 0 fully saturated rings. The number of hydrogen-bond acceptors (Lipinski definition) is 3. The zero-order valence-corrected chi connectivity index (χ0v) is 13.3. The third-order valence-electron chi connectivity index (χ3n) is 3.85. The van der Waals surface area contributed by atoms with Crippen molar-refractivity contribution in [3.63, 3.8) is 0 Å². The predicted molar refractivity (Wildman–Crippen MR) is 85.8 cm³/mol. The Kier molecular flexibility index (Phi) is 4.08. The SMILES string of the molecule is CC(=O)OCC(C)c1ccc2c(c1)Cc1c(Cl)cccc1O2. The second-order valence-electron chi connectivity index (χ2n) is 5.57. The quantitative estimate of drug-likeness (QED) is 0.657. The van der Waals surface area contributed by atoms with Gasteiger partial charge >= 0.3 is 5.97 Å². The van der Waals surface area contributed by atoms with Crippen molar-refractivity contribution < 1.29 is 14.3 Å². The Bertz CT molecular complexity index is 724. The third-order valence-corrected chi connectivity index (χ3v) is 4.21. The van der Waals surface area contributed by atoms with Crippen LogP contribution in [0.4, 0.5) is 0 Å². The Balaban J connectivity index is 1.85. The number of esters is 1. The molecule has 0 bridgehead atoms. The number of ether oxygens (including phenoxy) is 2. The molecule has 1 aliphatic heterocycles. The minimum atomic E-state index is -0.256. The summed E-state index contributed by atoms with van der Waals surface area (Å²) < 4.78 is 11.0. The topological polar surface area (TPSA) is 35.5 Å². The number of halogens is 1. The van der Waals surface area contributed by atoms with Crippen molar-refractivity contribution in [1.29, 1.82) is 0 Å². The Morgan fingerprint density at radius 1 is 1.32 bits per heavy atom.